The van der Waals surface area contributed by atoms with Gasteiger partial charge in [0, 0.05) is 19.2 Å². The summed E-state index contributed by atoms with van der Waals surface area (Å²) in [6, 6.07) is 4.34. The molecule has 2 fully saturated rings. The number of amides is 1. The van der Waals surface area contributed by atoms with E-state index in [-0.39, 0.29) is 22.6 Å². The van der Waals surface area contributed by atoms with E-state index in [9.17, 15) is 14.9 Å². The van der Waals surface area contributed by atoms with Crippen molar-refractivity contribution in [1.29, 1.82) is 0 Å². The van der Waals surface area contributed by atoms with Crippen LogP contribution in [0, 0.1) is 27.5 Å². The third-order valence-electron chi connectivity index (χ3n) is 5.88. The van der Waals surface area contributed by atoms with Crippen LogP contribution in [0.1, 0.15) is 53.4 Å². The van der Waals surface area contributed by atoms with Gasteiger partial charge in [-0.05, 0) is 48.6 Å². The predicted molar refractivity (Wildman–Crippen MR) is 115 cm³/mol. The van der Waals surface area contributed by atoms with Crippen molar-refractivity contribution >= 4 is 23.2 Å². The van der Waals surface area contributed by atoms with Crippen molar-refractivity contribution in [3.63, 3.8) is 0 Å². The topological polar surface area (TPSA) is 89.1 Å². The van der Waals surface area contributed by atoms with Gasteiger partial charge in [0.25, 0.3) is 5.69 Å². The van der Waals surface area contributed by atoms with Crippen molar-refractivity contribution in [1.82, 2.24) is 4.90 Å². The molecule has 1 N–H and O–H groups in total. The number of ether oxygens (including phenoxy) is 1. The van der Waals surface area contributed by atoms with E-state index in [2.05, 4.69) is 37.9 Å². The molecule has 1 spiro atoms. The largest absolute Gasteiger partial charge is 0.441 e. The highest BCUT2D eigenvalue weighted by atomic mass is 16.6. The van der Waals surface area contributed by atoms with Crippen molar-refractivity contribution in [2.24, 2.45) is 10.8 Å². The fourth-order valence-corrected chi connectivity index (χ4v) is 4.76. The van der Waals surface area contributed by atoms with E-state index in [0.29, 0.717) is 37.4 Å². The normalized spacial score (nSPS) is 26.4. The van der Waals surface area contributed by atoms with E-state index in [4.69, 9.17) is 11.3 Å². The highest BCUT2D eigenvalue weighted by molar-refractivity contribution is 5.71. The minimum Gasteiger partial charge on any atom is -0.441 e. The maximum Gasteiger partial charge on any atom is 0.410 e. The molecule has 1 aliphatic heterocycles. The third kappa shape index (κ3) is 4.84. The van der Waals surface area contributed by atoms with Crippen molar-refractivity contribution in [3.8, 4) is 0 Å². The molecule has 1 aromatic carbocycles. The van der Waals surface area contributed by atoms with E-state index in [1.807, 2.05) is 4.90 Å². The summed E-state index contributed by atoms with van der Waals surface area (Å²) >= 11 is 0. The second kappa shape index (κ2) is 7.78. The van der Waals surface area contributed by atoms with Crippen molar-refractivity contribution in [2.75, 3.05) is 25.0 Å². The number of benzene rings is 1. The van der Waals surface area contributed by atoms with Gasteiger partial charge < -0.3 is 15.0 Å². The molecule has 3 rings (SSSR count). The Kier molecular flexibility index (Phi) is 5.68. The molecule has 0 aromatic heterocycles. The highest BCUT2D eigenvalue weighted by Crippen LogP contribution is 2.47. The fraction of sp³-hybridized carbons (Fsp3) is 0.636. The summed E-state index contributed by atoms with van der Waals surface area (Å²) in [6.07, 6.45) is 3.16. The summed E-state index contributed by atoms with van der Waals surface area (Å²) in [7, 11) is 0. The monoisotopic (exact) mass is 414 g/mol. The van der Waals surface area contributed by atoms with Gasteiger partial charge >= 0.3 is 6.09 Å². The number of hydrogen-bond acceptors (Lipinski definition) is 5. The zero-order valence-electron chi connectivity index (χ0n) is 18.2. The van der Waals surface area contributed by atoms with Crippen LogP contribution >= 0.6 is 0 Å². The van der Waals surface area contributed by atoms with Gasteiger partial charge in [-0.1, -0.05) is 27.7 Å². The number of carbonyl (C=O) groups is 1. The average molecular weight is 415 g/mol. The van der Waals surface area contributed by atoms with Crippen molar-refractivity contribution in [3.05, 3.63) is 39.7 Å². The number of hydrogen-bond donors (Lipinski definition) is 1. The second-order valence-electron chi connectivity index (χ2n) is 10.2. The van der Waals surface area contributed by atoms with Crippen LogP contribution in [0.15, 0.2) is 18.2 Å². The lowest BCUT2D eigenvalue weighted by molar-refractivity contribution is -0.384. The molecule has 30 heavy (non-hydrogen) atoms. The van der Waals surface area contributed by atoms with Gasteiger partial charge in [0.15, 0.2) is 5.69 Å². The Morgan fingerprint density at radius 2 is 2.10 bits per heavy atom. The van der Waals surface area contributed by atoms with E-state index in [1.165, 1.54) is 18.2 Å². The highest BCUT2D eigenvalue weighted by Gasteiger charge is 2.51. The first-order valence-electron chi connectivity index (χ1n) is 10.3. The molecule has 162 valence electrons. The Morgan fingerprint density at radius 1 is 1.37 bits per heavy atom. The molecule has 8 heteroatoms. The molecule has 8 nitrogen and oxygen atoms in total. The third-order valence-corrected chi connectivity index (χ3v) is 5.88. The lowest BCUT2D eigenvalue weighted by Gasteiger charge is -2.43. The number of nitrogens with one attached hydrogen (secondary N) is 1. The van der Waals surface area contributed by atoms with E-state index < -0.39 is 10.5 Å². The standard InChI is InChI=1S/C22H30N4O4/c1-20(2,3)14-25-15-22(30-19(25)27)10-6-9-21(4,12-22)13-24-17-11-16(23-5)7-8-18(17)26(28)29/h7-8,11,24H,6,9-10,12-15H2,1-4H3/t21-,22-/m0/s1. The molecule has 1 amide bonds. The van der Waals surface area contributed by atoms with Gasteiger partial charge in [-0.3, -0.25) is 10.1 Å². The lowest BCUT2D eigenvalue weighted by atomic mass is 9.68. The minimum absolute atomic E-state index is 0.00305. The van der Waals surface area contributed by atoms with Crippen molar-refractivity contribution in [2.45, 2.75) is 59.0 Å². The second-order valence-corrected chi connectivity index (χ2v) is 10.2. The molecule has 1 heterocycles. The molecule has 2 atom stereocenters. The van der Waals surface area contributed by atoms with Crippen LogP contribution in [0.4, 0.5) is 21.9 Å². The Balaban J connectivity index is 1.73. The van der Waals surface area contributed by atoms with Gasteiger partial charge in [-0.15, -0.1) is 0 Å². The summed E-state index contributed by atoms with van der Waals surface area (Å²) in [5, 5.41) is 14.6. The fourth-order valence-electron chi connectivity index (χ4n) is 4.76. The molecular weight excluding hydrogens is 384 g/mol. The van der Waals surface area contributed by atoms with Crippen LogP contribution in [0.25, 0.3) is 4.85 Å². The molecule has 1 saturated carbocycles. The first kappa shape index (κ1) is 21.9. The summed E-state index contributed by atoms with van der Waals surface area (Å²) in [6.45, 7) is 17.4. The summed E-state index contributed by atoms with van der Waals surface area (Å²) in [4.78, 5) is 28.6. The number of nitrogens with zero attached hydrogens (tertiary/aromatic N) is 3. The number of anilines is 1. The summed E-state index contributed by atoms with van der Waals surface area (Å²) < 4.78 is 5.91. The first-order valence-corrected chi connectivity index (χ1v) is 10.3. The quantitative estimate of drug-likeness (QED) is 0.397. The molecule has 0 unspecified atom stereocenters. The number of rotatable bonds is 5. The lowest BCUT2D eigenvalue weighted by Crippen LogP contribution is -2.46. The van der Waals surface area contributed by atoms with Gasteiger partial charge in [0.1, 0.15) is 11.3 Å². The predicted octanol–water partition coefficient (Wildman–Crippen LogP) is 5.37. The molecule has 2 aliphatic rings. The van der Waals surface area contributed by atoms with Crippen LogP contribution in [0.2, 0.25) is 0 Å². The Bertz CT molecular complexity index is 888. The maximum absolute atomic E-state index is 12.5. The van der Waals surface area contributed by atoms with Gasteiger partial charge in [0.05, 0.1) is 18.0 Å². The maximum atomic E-state index is 12.5. The molecular formula is C22H30N4O4. The van der Waals surface area contributed by atoms with Gasteiger partial charge in [-0.25, -0.2) is 9.64 Å². The van der Waals surface area contributed by atoms with E-state index in [0.717, 1.165) is 19.3 Å². The van der Waals surface area contributed by atoms with Crippen molar-refractivity contribution < 1.29 is 14.5 Å². The van der Waals surface area contributed by atoms with Crippen LogP contribution in [-0.2, 0) is 4.74 Å². The molecule has 1 aromatic rings. The number of carbonyl (C=O) groups excluding carboxylic acids is 1. The van der Waals surface area contributed by atoms with Crippen LogP contribution < -0.4 is 5.32 Å². The van der Waals surface area contributed by atoms with Crippen LogP contribution in [-0.4, -0.2) is 41.2 Å². The number of nitro benzene ring substituents is 1. The van der Waals surface area contributed by atoms with Gasteiger partial charge in [0.2, 0.25) is 0 Å². The summed E-state index contributed by atoms with van der Waals surface area (Å²) in [5.41, 5.74) is -0.0144. The Morgan fingerprint density at radius 3 is 2.73 bits per heavy atom. The SMILES string of the molecule is [C-]#[N+]c1ccc([N+](=O)[O-])c(NC[C@@]2(C)CCC[C@@]3(CN(CC(C)(C)C)C(=O)O3)C2)c1. The van der Waals surface area contributed by atoms with E-state index in [1.54, 1.807) is 0 Å². The zero-order chi connectivity index (χ0) is 22.2. The smallest absolute Gasteiger partial charge is 0.410 e. The molecule has 0 bridgehead atoms. The van der Waals surface area contributed by atoms with E-state index >= 15 is 0 Å². The molecule has 0 radical (unpaired) electrons. The molecule has 1 aliphatic carbocycles. The Labute approximate surface area is 177 Å². The van der Waals surface area contributed by atoms with Crippen LogP contribution in [0.5, 0.6) is 0 Å². The minimum atomic E-state index is -0.499. The van der Waals surface area contributed by atoms with Gasteiger partial charge in [-0.2, -0.15) is 0 Å². The first-order chi connectivity index (χ1) is 13.9. The van der Waals surface area contributed by atoms with Crippen LogP contribution in [0.3, 0.4) is 0 Å². The average Bonchev–Trinajstić information content (AvgIpc) is 2.91. The summed E-state index contributed by atoms with van der Waals surface area (Å²) in [5.74, 6) is 0. The Hall–Kier alpha value is -2.82. The molecule has 1 saturated heterocycles. The number of nitro groups is 1. The zero-order valence-corrected chi connectivity index (χ0v) is 18.2.